The van der Waals surface area contributed by atoms with Crippen molar-refractivity contribution in [3.63, 3.8) is 0 Å². The molecule has 0 aliphatic rings. The molecule has 8 heteroatoms. The Labute approximate surface area is 142 Å². The lowest BCUT2D eigenvalue weighted by molar-refractivity contribution is -0.112. The van der Waals surface area contributed by atoms with Crippen LogP contribution in [0.1, 0.15) is 5.56 Å². The van der Waals surface area contributed by atoms with Gasteiger partial charge in [0.1, 0.15) is 16.7 Å². The van der Waals surface area contributed by atoms with Gasteiger partial charge in [-0.1, -0.05) is 23.7 Å². The van der Waals surface area contributed by atoms with Crippen LogP contribution in [0.4, 0.5) is 0 Å². The fraction of sp³-hybridized carbons (Fsp3) is 0.133. The van der Waals surface area contributed by atoms with Crippen LogP contribution in [0.25, 0.3) is 0 Å². The van der Waals surface area contributed by atoms with Crippen LogP contribution >= 0.6 is 23.5 Å². The summed E-state index contributed by atoms with van der Waals surface area (Å²) in [5.74, 6) is -0.670. The Hall–Kier alpha value is -2.43. The number of carbonyl (C=O) groups excluding carboxylic acids is 1. The molecule has 0 N–H and O–H groups in total. The van der Waals surface area contributed by atoms with Crippen LogP contribution in [0.5, 0.6) is 0 Å². The summed E-state index contributed by atoms with van der Waals surface area (Å²) in [7, 11) is 0. The molecule has 0 bridgehead atoms. The molecule has 0 fully saturated rings. The van der Waals surface area contributed by atoms with Crippen LogP contribution in [0.2, 0.25) is 5.15 Å². The van der Waals surface area contributed by atoms with Gasteiger partial charge in [0, 0.05) is 18.6 Å². The van der Waals surface area contributed by atoms with Crippen LogP contribution in [-0.2, 0) is 11.3 Å². The van der Waals surface area contributed by atoms with Gasteiger partial charge in [-0.25, -0.2) is 4.98 Å². The summed E-state index contributed by atoms with van der Waals surface area (Å²) < 4.78 is 5.53. The molecule has 0 atom stereocenters. The number of carbonyl (C=O) groups is 1. The van der Waals surface area contributed by atoms with E-state index in [1.807, 2.05) is 12.1 Å². The third-order valence-electron chi connectivity index (χ3n) is 2.77. The summed E-state index contributed by atoms with van der Waals surface area (Å²) in [5, 5.41) is 9.35. The van der Waals surface area contributed by atoms with E-state index in [9.17, 15) is 4.79 Å². The van der Waals surface area contributed by atoms with Gasteiger partial charge in [-0.05, 0) is 35.7 Å². The number of nitriles is 1. The van der Waals surface area contributed by atoms with Crippen molar-refractivity contribution in [2.75, 3.05) is 6.26 Å². The molecule has 2 heterocycles. The summed E-state index contributed by atoms with van der Waals surface area (Å²) in [5.41, 5.74) is 1.10. The molecule has 2 aromatic heterocycles. The van der Waals surface area contributed by atoms with Crippen molar-refractivity contribution in [2.45, 2.75) is 6.54 Å². The van der Waals surface area contributed by atoms with Gasteiger partial charge in [0.25, 0.3) is 0 Å². The molecule has 0 aliphatic carbocycles. The van der Waals surface area contributed by atoms with Crippen molar-refractivity contribution >= 4 is 35.2 Å². The highest BCUT2D eigenvalue weighted by molar-refractivity contribution is 7.97. The van der Waals surface area contributed by atoms with Gasteiger partial charge in [0.2, 0.25) is 5.71 Å². The number of halogens is 1. The number of pyridine rings is 2. The Kier molecular flexibility index (Phi) is 6.09. The van der Waals surface area contributed by atoms with Crippen molar-refractivity contribution in [3.05, 3.63) is 58.9 Å². The van der Waals surface area contributed by atoms with Crippen LogP contribution in [0.15, 0.2) is 52.1 Å². The van der Waals surface area contributed by atoms with E-state index in [4.69, 9.17) is 16.9 Å². The highest BCUT2D eigenvalue weighted by Crippen LogP contribution is 2.06. The molecule has 0 spiro atoms. The van der Waals surface area contributed by atoms with Crippen LogP contribution < -0.4 is 5.49 Å². The minimum Gasteiger partial charge on any atom is -0.328 e. The third-order valence-corrected chi connectivity index (χ3v) is 3.35. The molecule has 0 radical (unpaired) electrons. The number of hydrogen-bond donors (Lipinski definition) is 0. The lowest BCUT2D eigenvalue weighted by Gasteiger charge is -2.07. The fourth-order valence-corrected chi connectivity index (χ4v) is 2.17. The minimum atomic E-state index is -0.670. The zero-order valence-corrected chi connectivity index (χ0v) is 13.8. The zero-order valence-electron chi connectivity index (χ0n) is 12.2. The Morgan fingerprint density at radius 1 is 1.43 bits per heavy atom. The zero-order chi connectivity index (χ0) is 16.7. The summed E-state index contributed by atoms with van der Waals surface area (Å²) in [6.07, 6.45) is 5.11. The van der Waals surface area contributed by atoms with E-state index in [2.05, 4.69) is 14.4 Å². The highest BCUT2D eigenvalue weighted by atomic mass is 35.5. The normalized spacial score (nSPS) is 12.0. The van der Waals surface area contributed by atoms with Gasteiger partial charge in [0.15, 0.2) is 0 Å². The molecule has 6 nitrogen and oxygen atoms in total. The number of nitrogens with zero attached hydrogens (tertiary/aromatic N) is 5. The van der Waals surface area contributed by atoms with Gasteiger partial charge >= 0.3 is 5.91 Å². The summed E-state index contributed by atoms with van der Waals surface area (Å²) in [6.45, 7) is 0.471. The molecule has 0 aromatic carbocycles. The number of aromatic nitrogens is 2. The molecular formula is C15H12ClN5OS. The Morgan fingerprint density at radius 3 is 2.91 bits per heavy atom. The molecule has 0 saturated heterocycles. The number of hydrogen-bond acceptors (Lipinski definition) is 5. The fourth-order valence-electron chi connectivity index (χ4n) is 1.75. The molecule has 0 aliphatic heterocycles. The van der Waals surface area contributed by atoms with E-state index in [1.54, 1.807) is 47.5 Å². The van der Waals surface area contributed by atoms with Gasteiger partial charge < -0.3 is 4.57 Å². The third kappa shape index (κ3) is 4.77. The van der Waals surface area contributed by atoms with Crippen LogP contribution in [0.3, 0.4) is 0 Å². The van der Waals surface area contributed by atoms with E-state index in [0.717, 1.165) is 17.5 Å². The first-order valence-corrected chi connectivity index (χ1v) is 8.06. The smallest absolute Gasteiger partial charge is 0.309 e. The minimum absolute atomic E-state index is 0.235. The Bertz CT molecular complexity index is 836. The van der Waals surface area contributed by atoms with Crippen molar-refractivity contribution in [1.29, 1.82) is 5.26 Å². The Balaban J connectivity index is 2.35. The second-order valence-electron chi connectivity index (χ2n) is 4.33. The lowest BCUT2D eigenvalue weighted by atomic mass is 10.3. The lowest BCUT2D eigenvalue weighted by Crippen LogP contribution is -2.24. The molecular weight excluding hydrogens is 334 g/mol. The first kappa shape index (κ1) is 16.9. The maximum Gasteiger partial charge on any atom is 0.309 e. The predicted molar refractivity (Wildman–Crippen MR) is 89.9 cm³/mol. The van der Waals surface area contributed by atoms with Crippen LogP contribution in [0, 0.1) is 11.3 Å². The SMILES string of the molecule is CSN=C(C#N)C(=O)N=c1ccccn1Cc1ccc(Cl)nc1. The summed E-state index contributed by atoms with van der Waals surface area (Å²) in [6, 6.07) is 10.6. The van der Waals surface area contributed by atoms with Crippen molar-refractivity contribution < 1.29 is 4.79 Å². The van der Waals surface area contributed by atoms with Crippen molar-refractivity contribution in [3.8, 4) is 6.07 Å². The quantitative estimate of drug-likeness (QED) is 0.483. The largest absolute Gasteiger partial charge is 0.328 e. The number of amides is 1. The summed E-state index contributed by atoms with van der Waals surface area (Å²) >= 11 is 6.81. The van der Waals surface area contributed by atoms with E-state index < -0.39 is 5.91 Å². The molecule has 2 rings (SSSR count). The predicted octanol–water partition coefficient (Wildman–Crippen LogP) is 2.25. The maximum absolute atomic E-state index is 12.0. The first-order chi connectivity index (χ1) is 11.1. The molecule has 0 unspecified atom stereocenters. The van der Waals surface area contributed by atoms with Crippen molar-refractivity contribution in [1.82, 2.24) is 9.55 Å². The van der Waals surface area contributed by atoms with E-state index >= 15 is 0 Å². The van der Waals surface area contributed by atoms with Crippen molar-refractivity contribution in [2.24, 2.45) is 9.39 Å². The second kappa shape index (κ2) is 8.27. The van der Waals surface area contributed by atoms with Gasteiger partial charge in [-0.3, -0.25) is 4.79 Å². The molecule has 23 heavy (non-hydrogen) atoms. The average Bonchev–Trinajstić information content (AvgIpc) is 2.56. The van der Waals surface area contributed by atoms with Gasteiger partial charge in [-0.15, -0.1) is 0 Å². The van der Waals surface area contributed by atoms with E-state index in [0.29, 0.717) is 17.2 Å². The molecule has 1 amide bonds. The molecule has 116 valence electrons. The van der Waals surface area contributed by atoms with Crippen LogP contribution in [-0.4, -0.2) is 27.4 Å². The second-order valence-corrected chi connectivity index (χ2v) is 5.26. The standard InChI is InChI=1S/C15H12ClN5OS/c1-23-20-12(8-17)15(22)19-14-4-2-3-7-21(14)10-11-5-6-13(16)18-9-11/h2-7,9H,10H2,1H3. The summed E-state index contributed by atoms with van der Waals surface area (Å²) in [4.78, 5) is 20.0. The first-order valence-electron chi connectivity index (χ1n) is 6.50. The number of rotatable bonds is 4. The van der Waals surface area contributed by atoms with Gasteiger partial charge in [-0.2, -0.15) is 14.7 Å². The molecule has 2 aromatic rings. The Morgan fingerprint density at radius 2 is 2.26 bits per heavy atom. The molecule has 0 saturated carbocycles. The average molecular weight is 346 g/mol. The highest BCUT2D eigenvalue weighted by Gasteiger charge is 2.09. The topological polar surface area (TPSA) is 83.4 Å². The van der Waals surface area contributed by atoms with E-state index in [1.165, 1.54) is 0 Å². The maximum atomic E-state index is 12.0. The van der Waals surface area contributed by atoms with E-state index in [-0.39, 0.29) is 5.71 Å². The van der Waals surface area contributed by atoms with Gasteiger partial charge in [0.05, 0.1) is 6.54 Å². The monoisotopic (exact) mass is 345 g/mol.